The van der Waals surface area contributed by atoms with E-state index in [-0.39, 0.29) is 21.5 Å². The fourth-order valence-corrected chi connectivity index (χ4v) is 5.99. The Morgan fingerprint density at radius 1 is 1.19 bits per heavy atom. The van der Waals surface area contributed by atoms with Gasteiger partial charge in [0.1, 0.15) is 17.3 Å². The lowest BCUT2D eigenvalue weighted by molar-refractivity contribution is 0.290. The van der Waals surface area contributed by atoms with Crippen molar-refractivity contribution in [3.63, 3.8) is 0 Å². The van der Waals surface area contributed by atoms with Crippen molar-refractivity contribution < 1.29 is 13.2 Å². The molecule has 3 aromatic rings. The van der Waals surface area contributed by atoms with Gasteiger partial charge in [0.05, 0.1) is 21.6 Å². The van der Waals surface area contributed by atoms with Gasteiger partial charge in [-0.3, -0.25) is 4.98 Å². The van der Waals surface area contributed by atoms with Gasteiger partial charge in [0.15, 0.2) is 0 Å². The second-order valence-electron chi connectivity index (χ2n) is 5.86. The summed E-state index contributed by atoms with van der Waals surface area (Å²) in [6.07, 6.45) is 1.71. The zero-order valence-corrected chi connectivity index (χ0v) is 18.6. The van der Waals surface area contributed by atoms with Crippen LogP contribution in [0.3, 0.4) is 0 Å². The minimum atomic E-state index is -3.89. The SMILES string of the molecule is C[C@@H](COc1cccc2ncccc12)NS(=O)(=O)c1c(Cl)cc(I)cc1Cl. The van der Waals surface area contributed by atoms with E-state index < -0.39 is 16.1 Å². The molecule has 2 aromatic carbocycles. The normalized spacial score (nSPS) is 12.9. The number of rotatable bonds is 6. The van der Waals surface area contributed by atoms with Crippen molar-refractivity contribution in [2.75, 3.05) is 6.61 Å². The highest BCUT2D eigenvalue weighted by Gasteiger charge is 2.24. The molecule has 0 aliphatic carbocycles. The molecule has 1 N–H and O–H groups in total. The van der Waals surface area contributed by atoms with Crippen LogP contribution in [0.4, 0.5) is 0 Å². The van der Waals surface area contributed by atoms with Crippen LogP contribution in [0.15, 0.2) is 53.6 Å². The van der Waals surface area contributed by atoms with Crippen molar-refractivity contribution in [2.45, 2.75) is 17.9 Å². The zero-order chi connectivity index (χ0) is 19.6. The van der Waals surface area contributed by atoms with Crippen LogP contribution in [-0.2, 0) is 10.0 Å². The standard InChI is InChI=1S/C18H15Cl2IN2O3S/c1-11(10-26-17-6-2-5-16-13(17)4-3-7-22-16)23-27(24,25)18-14(19)8-12(21)9-15(18)20/h2-9,11,23H,10H2,1H3/t11-/m0/s1. The number of halogens is 3. The summed E-state index contributed by atoms with van der Waals surface area (Å²) in [5.74, 6) is 0.636. The first kappa shape index (κ1) is 20.6. The van der Waals surface area contributed by atoms with E-state index in [1.54, 1.807) is 25.3 Å². The molecule has 3 rings (SSSR count). The first-order valence-corrected chi connectivity index (χ1v) is 11.2. The molecule has 0 saturated heterocycles. The van der Waals surface area contributed by atoms with Gasteiger partial charge in [-0.05, 0) is 65.9 Å². The quantitative estimate of drug-likeness (QED) is 0.455. The number of fused-ring (bicyclic) bond motifs is 1. The van der Waals surface area contributed by atoms with E-state index in [9.17, 15) is 8.42 Å². The molecule has 142 valence electrons. The molecule has 0 radical (unpaired) electrons. The molecular formula is C18H15Cl2IN2O3S. The largest absolute Gasteiger partial charge is 0.491 e. The number of hydrogen-bond acceptors (Lipinski definition) is 4. The third-order valence-corrected chi connectivity index (χ3v) is 6.82. The summed E-state index contributed by atoms with van der Waals surface area (Å²) in [6.45, 7) is 1.84. The number of benzene rings is 2. The highest BCUT2D eigenvalue weighted by molar-refractivity contribution is 14.1. The molecule has 0 spiro atoms. The van der Waals surface area contributed by atoms with Crippen molar-refractivity contribution in [1.29, 1.82) is 0 Å². The number of nitrogens with one attached hydrogen (secondary N) is 1. The van der Waals surface area contributed by atoms with Gasteiger partial charge in [-0.1, -0.05) is 29.3 Å². The maximum Gasteiger partial charge on any atom is 0.243 e. The monoisotopic (exact) mass is 536 g/mol. The van der Waals surface area contributed by atoms with E-state index in [1.165, 1.54) is 0 Å². The summed E-state index contributed by atoms with van der Waals surface area (Å²) in [5, 5.41) is 1.01. The molecule has 27 heavy (non-hydrogen) atoms. The molecule has 0 aliphatic rings. The van der Waals surface area contributed by atoms with Gasteiger partial charge in [0.2, 0.25) is 10.0 Å². The summed E-state index contributed by atoms with van der Waals surface area (Å²) in [7, 11) is -3.89. The third kappa shape index (κ3) is 4.83. The molecule has 0 amide bonds. The first-order chi connectivity index (χ1) is 12.8. The lowest BCUT2D eigenvalue weighted by atomic mass is 10.2. The second-order valence-corrected chi connectivity index (χ2v) is 9.57. The lowest BCUT2D eigenvalue weighted by Crippen LogP contribution is -2.37. The van der Waals surface area contributed by atoms with Gasteiger partial charge in [-0.2, -0.15) is 0 Å². The Morgan fingerprint density at radius 3 is 2.59 bits per heavy atom. The number of pyridine rings is 1. The molecule has 1 atom stereocenters. The molecular weight excluding hydrogens is 522 g/mol. The minimum Gasteiger partial charge on any atom is -0.491 e. The smallest absolute Gasteiger partial charge is 0.243 e. The van der Waals surface area contributed by atoms with Crippen LogP contribution in [0.25, 0.3) is 10.9 Å². The Hall–Kier alpha value is -1.13. The van der Waals surface area contributed by atoms with E-state index in [0.29, 0.717) is 5.75 Å². The van der Waals surface area contributed by atoms with Crippen LogP contribution in [0.1, 0.15) is 6.92 Å². The van der Waals surface area contributed by atoms with Crippen LogP contribution in [0.5, 0.6) is 5.75 Å². The van der Waals surface area contributed by atoms with E-state index >= 15 is 0 Å². The number of hydrogen-bond donors (Lipinski definition) is 1. The Kier molecular flexibility index (Phi) is 6.47. The average Bonchev–Trinajstić information content (AvgIpc) is 2.58. The van der Waals surface area contributed by atoms with E-state index in [2.05, 4.69) is 9.71 Å². The van der Waals surface area contributed by atoms with Crippen LogP contribution < -0.4 is 9.46 Å². The van der Waals surface area contributed by atoms with Gasteiger partial charge in [0.25, 0.3) is 0 Å². The molecule has 0 saturated carbocycles. The maximum absolute atomic E-state index is 12.7. The van der Waals surface area contributed by atoms with Gasteiger partial charge in [-0.15, -0.1) is 0 Å². The minimum absolute atomic E-state index is 0.0765. The first-order valence-electron chi connectivity index (χ1n) is 7.91. The van der Waals surface area contributed by atoms with Crippen LogP contribution in [-0.4, -0.2) is 26.1 Å². The van der Waals surface area contributed by atoms with Crippen LogP contribution >= 0.6 is 45.8 Å². The third-order valence-electron chi connectivity index (χ3n) is 3.68. The second kappa shape index (κ2) is 8.48. The van der Waals surface area contributed by atoms with Crippen molar-refractivity contribution in [1.82, 2.24) is 9.71 Å². The van der Waals surface area contributed by atoms with Crippen molar-refractivity contribution in [3.05, 3.63) is 62.3 Å². The number of nitrogens with zero attached hydrogens (tertiary/aromatic N) is 1. The Labute approximate surface area is 181 Å². The van der Waals surface area contributed by atoms with E-state index in [0.717, 1.165) is 14.5 Å². The fraction of sp³-hybridized carbons (Fsp3) is 0.167. The molecule has 0 bridgehead atoms. The van der Waals surface area contributed by atoms with E-state index in [4.69, 9.17) is 27.9 Å². The average molecular weight is 537 g/mol. The van der Waals surface area contributed by atoms with Gasteiger partial charge < -0.3 is 4.74 Å². The predicted molar refractivity (Wildman–Crippen MR) is 116 cm³/mol. The molecule has 0 fully saturated rings. The Bertz CT molecular complexity index is 1060. The fourth-order valence-electron chi connectivity index (χ4n) is 2.56. The Balaban J connectivity index is 1.75. The van der Waals surface area contributed by atoms with E-state index in [1.807, 2.05) is 52.9 Å². The molecule has 0 aliphatic heterocycles. The van der Waals surface area contributed by atoms with Gasteiger partial charge >= 0.3 is 0 Å². The number of aromatic nitrogens is 1. The summed E-state index contributed by atoms with van der Waals surface area (Å²) < 4.78 is 34.5. The molecule has 0 unspecified atom stereocenters. The van der Waals surface area contributed by atoms with Gasteiger partial charge in [0, 0.05) is 15.2 Å². The number of ether oxygens (including phenoxy) is 1. The highest BCUT2D eigenvalue weighted by atomic mass is 127. The summed E-state index contributed by atoms with van der Waals surface area (Å²) in [6, 6.07) is 11.9. The molecule has 1 heterocycles. The number of sulfonamides is 1. The van der Waals surface area contributed by atoms with Gasteiger partial charge in [-0.25, -0.2) is 13.1 Å². The van der Waals surface area contributed by atoms with Crippen molar-refractivity contribution >= 4 is 66.7 Å². The summed E-state index contributed by atoms with van der Waals surface area (Å²) in [4.78, 5) is 4.14. The Morgan fingerprint density at radius 2 is 1.89 bits per heavy atom. The topological polar surface area (TPSA) is 68.3 Å². The van der Waals surface area contributed by atoms with Crippen molar-refractivity contribution in [2.24, 2.45) is 0 Å². The summed E-state index contributed by atoms with van der Waals surface area (Å²) in [5.41, 5.74) is 0.806. The molecule has 1 aromatic heterocycles. The van der Waals surface area contributed by atoms with Crippen molar-refractivity contribution in [3.8, 4) is 5.75 Å². The molecule has 5 nitrogen and oxygen atoms in total. The van der Waals surface area contributed by atoms with Crippen LogP contribution in [0.2, 0.25) is 10.0 Å². The van der Waals surface area contributed by atoms with Crippen LogP contribution in [0, 0.1) is 3.57 Å². The predicted octanol–water partition coefficient (Wildman–Crippen LogP) is 4.89. The summed E-state index contributed by atoms with van der Waals surface area (Å²) >= 11 is 14.2. The molecule has 9 heteroatoms. The lowest BCUT2D eigenvalue weighted by Gasteiger charge is -2.17. The zero-order valence-electron chi connectivity index (χ0n) is 14.1. The maximum atomic E-state index is 12.7. The highest BCUT2D eigenvalue weighted by Crippen LogP contribution is 2.31.